The Morgan fingerprint density at radius 2 is 1.58 bits per heavy atom. The summed E-state index contributed by atoms with van der Waals surface area (Å²) in [5, 5.41) is 10.1. The number of nitrogens with zero attached hydrogens (tertiary/aromatic N) is 3. The van der Waals surface area contributed by atoms with Crippen molar-refractivity contribution >= 4 is 12.0 Å². The van der Waals surface area contributed by atoms with Gasteiger partial charge in [0.1, 0.15) is 16.9 Å². The molecule has 1 aliphatic rings. The lowest BCUT2D eigenvalue weighted by Gasteiger charge is -2.38. The van der Waals surface area contributed by atoms with Gasteiger partial charge in [-0.05, 0) is 55.3 Å². The van der Waals surface area contributed by atoms with E-state index < -0.39 is 17.4 Å². The van der Waals surface area contributed by atoms with Crippen LogP contribution in [0.3, 0.4) is 0 Å². The molecule has 1 aliphatic heterocycles. The van der Waals surface area contributed by atoms with Crippen LogP contribution in [0, 0.1) is 0 Å². The number of hydroxylamine groups is 2. The first-order valence-electron chi connectivity index (χ1n) is 12.0. The summed E-state index contributed by atoms with van der Waals surface area (Å²) in [4.78, 5) is 31.8. The number of carbonyl (C=O) groups excluding carboxylic acids is 2. The van der Waals surface area contributed by atoms with Crippen molar-refractivity contribution in [2.24, 2.45) is 0 Å². The molecule has 0 atom stereocenters. The fourth-order valence-electron chi connectivity index (χ4n) is 4.63. The molecular weight excluding hydrogens is 494 g/mol. The minimum absolute atomic E-state index is 0.185. The number of piperidine rings is 1. The smallest absolute Gasteiger partial charge is 0.343 e. The molecule has 0 aliphatic carbocycles. The molecule has 0 bridgehead atoms. The summed E-state index contributed by atoms with van der Waals surface area (Å²) in [6, 6.07) is 12.1. The number of methoxy groups -OCH3 is 4. The standard InChI is InChI=1S/C27H31N3O8/c1-29(33)26(32)30-14-12-27(13-15-30,25(31)37-5)24-28-22(17-6-9-19(34-2)10-7-17)23(38-24)18-8-11-20(35-3)21(16-18)36-4/h6-11,16,33H,12-15H2,1-5H3. The zero-order valence-electron chi connectivity index (χ0n) is 22.0. The number of carbonyl (C=O) groups is 2. The van der Waals surface area contributed by atoms with Crippen molar-refractivity contribution in [3.8, 4) is 39.8 Å². The molecule has 0 unspecified atom stereocenters. The molecule has 2 amide bonds. The maximum Gasteiger partial charge on any atom is 0.343 e. The number of esters is 1. The highest BCUT2D eigenvalue weighted by Crippen LogP contribution is 2.43. The van der Waals surface area contributed by atoms with Crippen LogP contribution in [0.15, 0.2) is 46.9 Å². The fraction of sp³-hybridized carbons (Fsp3) is 0.370. The number of hydrogen-bond acceptors (Lipinski definition) is 9. The van der Waals surface area contributed by atoms with E-state index in [0.717, 1.165) is 5.56 Å². The Hall–Kier alpha value is -4.25. The molecule has 1 saturated heterocycles. The topological polar surface area (TPSA) is 124 Å². The molecule has 0 spiro atoms. The van der Waals surface area contributed by atoms with E-state index in [1.165, 1.54) is 19.1 Å². The van der Waals surface area contributed by atoms with E-state index in [0.29, 0.717) is 39.3 Å². The maximum absolute atomic E-state index is 13.2. The van der Waals surface area contributed by atoms with Gasteiger partial charge in [-0.1, -0.05) is 0 Å². The lowest BCUT2D eigenvalue weighted by molar-refractivity contribution is -0.150. The number of rotatable bonds is 7. The molecule has 11 nitrogen and oxygen atoms in total. The molecular formula is C27H31N3O8. The maximum atomic E-state index is 13.2. The SMILES string of the molecule is COC(=O)C1(c2nc(-c3ccc(OC)cc3)c(-c3ccc(OC)c(OC)c3)o2)CCN(C(=O)N(C)O)CC1. The normalized spacial score (nSPS) is 14.5. The first-order valence-corrected chi connectivity index (χ1v) is 12.0. The molecule has 1 N–H and O–H groups in total. The van der Waals surface area contributed by atoms with Crippen LogP contribution < -0.4 is 14.2 Å². The van der Waals surface area contributed by atoms with Gasteiger partial charge in [0, 0.05) is 31.3 Å². The van der Waals surface area contributed by atoms with Crippen LogP contribution >= 0.6 is 0 Å². The molecule has 1 fully saturated rings. The highest BCUT2D eigenvalue weighted by molar-refractivity contribution is 5.84. The van der Waals surface area contributed by atoms with Gasteiger partial charge in [-0.3, -0.25) is 10.0 Å². The molecule has 4 rings (SSSR count). The van der Waals surface area contributed by atoms with Gasteiger partial charge < -0.3 is 28.3 Å². The second kappa shape index (κ2) is 11.0. The number of hydrogen-bond donors (Lipinski definition) is 1. The van der Waals surface area contributed by atoms with Crippen LogP contribution in [-0.2, 0) is 14.9 Å². The van der Waals surface area contributed by atoms with Gasteiger partial charge in [-0.2, -0.15) is 0 Å². The predicted octanol–water partition coefficient (Wildman–Crippen LogP) is 3.98. The minimum atomic E-state index is -1.23. The van der Waals surface area contributed by atoms with E-state index in [-0.39, 0.29) is 31.8 Å². The van der Waals surface area contributed by atoms with Crippen molar-refractivity contribution in [1.82, 2.24) is 14.9 Å². The van der Waals surface area contributed by atoms with Crippen LogP contribution in [-0.4, -0.2) is 80.7 Å². The van der Waals surface area contributed by atoms with Gasteiger partial charge in [0.2, 0.25) is 5.89 Å². The summed E-state index contributed by atoms with van der Waals surface area (Å²) in [6.45, 7) is 0.398. The van der Waals surface area contributed by atoms with E-state index in [9.17, 15) is 14.8 Å². The molecule has 0 radical (unpaired) electrons. The average Bonchev–Trinajstić information content (AvgIpc) is 3.42. The Labute approximate surface area is 220 Å². The monoisotopic (exact) mass is 525 g/mol. The van der Waals surface area contributed by atoms with Gasteiger partial charge in [-0.15, -0.1) is 0 Å². The van der Waals surface area contributed by atoms with Gasteiger partial charge in [0.25, 0.3) is 0 Å². The zero-order valence-corrected chi connectivity index (χ0v) is 22.0. The van der Waals surface area contributed by atoms with Crippen molar-refractivity contribution in [3.63, 3.8) is 0 Å². The molecule has 3 aromatic rings. The fourth-order valence-corrected chi connectivity index (χ4v) is 4.63. The zero-order chi connectivity index (χ0) is 27.4. The van der Waals surface area contributed by atoms with E-state index in [4.69, 9.17) is 28.3 Å². The van der Waals surface area contributed by atoms with Gasteiger partial charge in [-0.25, -0.2) is 14.8 Å². The van der Waals surface area contributed by atoms with Crippen molar-refractivity contribution < 1.29 is 38.2 Å². The quantitative estimate of drug-likeness (QED) is 0.277. The third-order valence-electron chi connectivity index (χ3n) is 6.79. The van der Waals surface area contributed by atoms with Gasteiger partial charge in [0.15, 0.2) is 17.3 Å². The number of urea groups is 1. The molecule has 1 aromatic heterocycles. The van der Waals surface area contributed by atoms with Crippen molar-refractivity contribution in [2.75, 3.05) is 48.6 Å². The average molecular weight is 526 g/mol. The van der Waals surface area contributed by atoms with E-state index in [2.05, 4.69) is 0 Å². The van der Waals surface area contributed by atoms with Crippen molar-refractivity contribution in [3.05, 3.63) is 48.4 Å². The Balaban J connectivity index is 1.84. The molecule has 202 valence electrons. The van der Waals surface area contributed by atoms with Crippen LogP contribution in [0.2, 0.25) is 0 Å². The Bertz CT molecular complexity index is 1290. The largest absolute Gasteiger partial charge is 0.497 e. The van der Waals surface area contributed by atoms with E-state index >= 15 is 0 Å². The summed E-state index contributed by atoms with van der Waals surface area (Å²) in [7, 11) is 7.26. The highest BCUT2D eigenvalue weighted by Gasteiger charge is 2.49. The highest BCUT2D eigenvalue weighted by atomic mass is 16.5. The third-order valence-corrected chi connectivity index (χ3v) is 6.79. The number of benzene rings is 2. The van der Waals surface area contributed by atoms with Crippen molar-refractivity contribution in [2.45, 2.75) is 18.3 Å². The first kappa shape index (κ1) is 26.8. The van der Waals surface area contributed by atoms with Gasteiger partial charge >= 0.3 is 12.0 Å². The van der Waals surface area contributed by atoms with Crippen LogP contribution in [0.5, 0.6) is 17.2 Å². The second-order valence-electron chi connectivity index (χ2n) is 8.86. The lowest BCUT2D eigenvalue weighted by Crippen LogP contribution is -2.51. The Morgan fingerprint density at radius 3 is 2.13 bits per heavy atom. The van der Waals surface area contributed by atoms with Crippen LogP contribution in [0.4, 0.5) is 4.79 Å². The van der Waals surface area contributed by atoms with Crippen molar-refractivity contribution in [1.29, 1.82) is 0 Å². The predicted molar refractivity (Wildman–Crippen MR) is 136 cm³/mol. The second-order valence-corrected chi connectivity index (χ2v) is 8.86. The molecule has 0 saturated carbocycles. The third kappa shape index (κ3) is 4.84. The van der Waals surface area contributed by atoms with Crippen LogP contribution in [0.25, 0.3) is 22.6 Å². The van der Waals surface area contributed by atoms with Gasteiger partial charge in [0.05, 0.1) is 28.4 Å². The summed E-state index contributed by atoms with van der Waals surface area (Å²) in [5.74, 6) is 1.85. The minimum Gasteiger partial charge on any atom is -0.497 e. The number of ether oxygens (including phenoxy) is 4. The summed E-state index contributed by atoms with van der Waals surface area (Å²) >= 11 is 0. The number of aromatic nitrogens is 1. The number of oxazole rings is 1. The molecule has 38 heavy (non-hydrogen) atoms. The van der Waals surface area contributed by atoms with E-state index in [1.54, 1.807) is 33.5 Å². The molecule has 11 heteroatoms. The molecule has 2 heterocycles. The Kier molecular flexibility index (Phi) is 7.77. The Morgan fingerprint density at radius 1 is 0.947 bits per heavy atom. The summed E-state index contributed by atoms with van der Waals surface area (Å²) in [6.07, 6.45) is 0.403. The molecule has 2 aromatic carbocycles. The summed E-state index contributed by atoms with van der Waals surface area (Å²) < 4.78 is 27.7. The number of amides is 2. The van der Waals surface area contributed by atoms with E-state index in [1.807, 2.05) is 30.3 Å². The number of likely N-dealkylation sites (tertiary alicyclic amines) is 1. The first-order chi connectivity index (χ1) is 18.3. The lowest BCUT2D eigenvalue weighted by atomic mass is 9.78. The van der Waals surface area contributed by atoms with Crippen LogP contribution in [0.1, 0.15) is 18.7 Å². The summed E-state index contributed by atoms with van der Waals surface area (Å²) in [5.41, 5.74) is 0.712.